The zero-order valence-electron chi connectivity index (χ0n) is 7.88. The first-order chi connectivity index (χ1) is 5.70. The largest absolute Gasteiger partial charge is 0.393 e. The van der Waals surface area contributed by atoms with Crippen molar-refractivity contribution < 1.29 is 0 Å². The molecule has 0 aromatic heterocycles. The van der Waals surface area contributed by atoms with Crippen LogP contribution in [-0.2, 0) is 0 Å². The molecule has 0 aliphatic carbocycles. The molecule has 0 aromatic rings. The molecule has 2 nitrogen and oxygen atoms in total. The number of rotatable bonds is 7. The molecule has 0 amide bonds. The predicted molar refractivity (Wildman–Crippen MR) is 61.9 cm³/mol. The molecule has 0 aliphatic heterocycles. The summed E-state index contributed by atoms with van der Waals surface area (Å²) in [6.07, 6.45) is 2.97. The van der Waals surface area contributed by atoms with Gasteiger partial charge in [-0.1, -0.05) is 19.1 Å². The second kappa shape index (κ2) is 7.83. The van der Waals surface area contributed by atoms with Crippen molar-refractivity contribution in [2.75, 3.05) is 31.6 Å². The molecule has 0 fully saturated rings. The van der Waals surface area contributed by atoms with Gasteiger partial charge in [-0.15, -0.1) is 0 Å². The van der Waals surface area contributed by atoms with E-state index in [1.54, 1.807) is 0 Å². The lowest BCUT2D eigenvalue weighted by Crippen LogP contribution is -2.29. The Hall–Kier alpha value is 0.200. The molecular formula is C8H18N2S2. The fourth-order valence-corrected chi connectivity index (χ4v) is 1.45. The van der Waals surface area contributed by atoms with Crippen LogP contribution in [0.15, 0.2) is 0 Å². The van der Waals surface area contributed by atoms with Crippen molar-refractivity contribution in [3.63, 3.8) is 0 Å². The summed E-state index contributed by atoms with van der Waals surface area (Å²) >= 11 is 6.69. The quantitative estimate of drug-likeness (QED) is 0.637. The molecule has 0 saturated heterocycles. The highest BCUT2D eigenvalue weighted by Gasteiger charge is 2.01. The fraction of sp³-hybridized carbons (Fsp3) is 0.875. The van der Waals surface area contributed by atoms with Gasteiger partial charge in [-0.25, -0.2) is 0 Å². The molecule has 0 unspecified atom stereocenters. The maximum Gasteiger partial charge on any atom is 0.0740 e. The predicted octanol–water partition coefficient (Wildman–Crippen LogP) is 1.35. The first-order valence-corrected chi connectivity index (χ1v) is 6.00. The minimum absolute atomic E-state index is 0.623. The zero-order chi connectivity index (χ0) is 9.40. The summed E-state index contributed by atoms with van der Waals surface area (Å²) in [7, 11) is 0. The summed E-state index contributed by atoms with van der Waals surface area (Å²) in [5.74, 6) is 1.19. The summed E-state index contributed by atoms with van der Waals surface area (Å²) in [6.45, 7) is 5.40. The molecule has 12 heavy (non-hydrogen) atoms. The number of hydrogen-bond acceptors (Lipinski definition) is 3. The van der Waals surface area contributed by atoms with Gasteiger partial charge in [-0.3, -0.25) is 0 Å². The molecule has 0 aliphatic rings. The summed E-state index contributed by atoms with van der Waals surface area (Å²) in [6, 6.07) is 0. The fourth-order valence-electron chi connectivity index (χ4n) is 0.917. The Morgan fingerprint density at radius 2 is 2.17 bits per heavy atom. The van der Waals surface area contributed by atoms with Gasteiger partial charge in [0.15, 0.2) is 0 Å². The van der Waals surface area contributed by atoms with Crippen LogP contribution in [0.2, 0.25) is 0 Å². The molecule has 0 rings (SSSR count). The van der Waals surface area contributed by atoms with Gasteiger partial charge in [-0.2, -0.15) is 11.8 Å². The maximum absolute atomic E-state index is 5.42. The first-order valence-electron chi connectivity index (χ1n) is 4.20. The Kier molecular flexibility index (Phi) is 7.96. The van der Waals surface area contributed by atoms with Crippen LogP contribution in [0.4, 0.5) is 0 Å². The molecule has 2 N–H and O–H groups in total. The van der Waals surface area contributed by atoms with E-state index < -0.39 is 0 Å². The standard InChI is InChI=1S/C8H18N2S2/c1-3-10(6-7-12-2)5-4-8(9)11/h3-7H2,1-2H3,(H2,9,11). The highest BCUT2D eigenvalue weighted by atomic mass is 32.2. The van der Waals surface area contributed by atoms with Crippen LogP contribution in [0.3, 0.4) is 0 Å². The molecular weight excluding hydrogens is 188 g/mol. The Morgan fingerprint density at radius 3 is 2.58 bits per heavy atom. The van der Waals surface area contributed by atoms with E-state index in [-0.39, 0.29) is 0 Å². The zero-order valence-corrected chi connectivity index (χ0v) is 9.51. The van der Waals surface area contributed by atoms with Crippen LogP contribution in [0.5, 0.6) is 0 Å². The lowest BCUT2D eigenvalue weighted by atomic mass is 10.4. The van der Waals surface area contributed by atoms with Crippen molar-refractivity contribution in [3.8, 4) is 0 Å². The lowest BCUT2D eigenvalue weighted by Gasteiger charge is -2.18. The van der Waals surface area contributed by atoms with E-state index in [0.29, 0.717) is 4.99 Å². The molecule has 0 heterocycles. The van der Waals surface area contributed by atoms with Crippen LogP contribution < -0.4 is 5.73 Å². The number of hydrogen-bond donors (Lipinski definition) is 1. The van der Waals surface area contributed by atoms with Crippen molar-refractivity contribution in [2.45, 2.75) is 13.3 Å². The number of nitrogens with zero attached hydrogens (tertiary/aromatic N) is 1. The maximum atomic E-state index is 5.42. The summed E-state index contributed by atoms with van der Waals surface area (Å²) in [5, 5.41) is 0. The normalized spacial score (nSPS) is 10.6. The monoisotopic (exact) mass is 206 g/mol. The van der Waals surface area contributed by atoms with Crippen molar-refractivity contribution in [2.24, 2.45) is 5.73 Å². The van der Waals surface area contributed by atoms with Gasteiger partial charge < -0.3 is 10.6 Å². The summed E-state index contributed by atoms with van der Waals surface area (Å²) in [4.78, 5) is 2.99. The highest BCUT2D eigenvalue weighted by molar-refractivity contribution is 7.98. The summed E-state index contributed by atoms with van der Waals surface area (Å²) < 4.78 is 0. The molecule has 0 spiro atoms. The second-order valence-electron chi connectivity index (χ2n) is 2.64. The third-order valence-corrected chi connectivity index (χ3v) is 2.53. The van der Waals surface area contributed by atoms with E-state index >= 15 is 0 Å². The Morgan fingerprint density at radius 1 is 1.50 bits per heavy atom. The highest BCUT2D eigenvalue weighted by Crippen LogP contribution is 1.96. The van der Waals surface area contributed by atoms with E-state index in [0.717, 1.165) is 26.1 Å². The van der Waals surface area contributed by atoms with Crippen LogP contribution in [-0.4, -0.2) is 41.5 Å². The third-order valence-electron chi connectivity index (χ3n) is 1.73. The first kappa shape index (κ1) is 12.2. The van der Waals surface area contributed by atoms with Gasteiger partial charge in [0.05, 0.1) is 4.99 Å². The van der Waals surface area contributed by atoms with Crippen molar-refractivity contribution in [3.05, 3.63) is 0 Å². The van der Waals surface area contributed by atoms with Crippen LogP contribution in [0.25, 0.3) is 0 Å². The molecule has 72 valence electrons. The topological polar surface area (TPSA) is 29.3 Å². The Bertz CT molecular complexity index is 128. The van der Waals surface area contributed by atoms with Gasteiger partial charge in [0.25, 0.3) is 0 Å². The molecule has 0 aromatic carbocycles. The van der Waals surface area contributed by atoms with Gasteiger partial charge in [-0.05, 0) is 12.8 Å². The van der Waals surface area contributed by atoms with Gasteiger partial charge >= 0.3 is 0 Å². The van der Waals surface area contributed by atoms with E-state index in [9.17, 15) is 0 Å². The SMILES string of the molecule is CCN(CCSC)CCC(N)=S. The van der Waals surface area contributed by atoms with E-state index in [1.165, 1.54) is 5.75 Å². The van der Waals surface area contributed by atoms with Crippen molar-refractivity contribution >= 4 is 29.0 Å². The second-order valence-corrected chi connectivity index (χ2v) is 4.15. The average Bonchev–Trinajstić information content (AvgIpc) is 2.05. The number of nitrogens with two attached hydrogens (primary N) is 1. The van der Waals surface area contributed by atoms with E-state index in [2.05, 4.69) is 18.1 Å². The molecule has 0 atom stereocenters. The Labute approximate surface area is 84.9 Å². The minimum atomic E-state index is 0.623. The average molecular weight is 206 g/mol. The third kappa shape index (κ3) is 6.88. The minimum Gasteiger partial charge on any atom is -0.393 e. The number of thioether (sulfide) groups is 1. The van der Waals surface area contributed by atoms with Crippen LogP contribution in [0, 0.1) is 0 Å². The van der Waals surface area contributed by atoms with E-state index in [4.69, 9.17) is 18.0 Å². The molecule has 4 heteroatoms. The molecule has 0 saturated carbocycles. The van der Waals surface area contributed by atoms with Gasteiger partial charge in [0, 0.05) is 25.3 Å². The van der Waals surface area contributed by atoms with Crippen molar-refractivity contribution in [1.29, 1.82) is 0 Å². The smallest absolute Gasteiger partial charge is 0.0740 e. The molecule has 0 radical (unpaired) electrons. The number of thiocarbonyl (C=S) groups is 1. The van der Waals surface area contributed by atoms with E-state index in [1.807, 2.05) is 11.8 Å². The molecule has 0 bridgehead atoms. The van der Waals surface area contributed by atoms with Crippen molar-refractivity contribution in [1.82, 2.24) is 4.90 Å². The van der Waals surface area contributed by atoms with Gasteiger partial charge in [0.1, 0.15) is 0 Å². The summed E-state index contributed by atoms with van der Waals surface area (Å²) in [5.41, 5.74) is 5.42. The van der Waals surface area contributed by atoms with Crippen LogP contribution >= 0.6 is 24.0 Å². The van der Waals surface area contributed by atoms with Crippen LogP contribution in [0.1, 0.15) is 13.3 Å². The lowest BCUT2D eigenvalue weighted by molar-refractivity contribution is 0.316. The van der Waals surface area contributed by atoms with Gasteiger partial charge in [0.2, 0.25) is 0 Å². The Balaban J connectivity index is 3.45.